The molecule has 1 aliphatic carbocycles. The van der Waals surface area contributed by atoms with Gasteiger partial charge in [-0.05, 0) is 36.8 Å². The van der Waals surface area contributed by atoms with Gasteiger partial charge in [0.1, 0.15) is 0 Å². The molecule has 1 heterocycles. The largest absolute Gasteiger partial charge is 0.349 e. The summed E-state index contributed by atoms with van der Waals surface area (Å²) in [6.07, 6.45) is 12.1. The lowest BCUT2D eigenvalue weighted by Gasteiger charge is -2.26. The molecule has 5 nitrogen and oxygen atoms in total. The van der Waals surface area contributed by atoms with Gasteiger partial charge < -0.3 is 16.0 Å². The van der Waals surface area contributed by atoms with Crippen molar-refractivity contribution in [2.75, 3.05) is 11.4 Å². The zero-order valence-corrected chi connectivity index (χ0v) is 16.9. The van der Waals surface area contributed by atoms with E-state index in [0.717, 1.165) is 18.5 Å². The number of hydrogen-bond donors (Lipinski definition) is 2. The molecule has 1 fully saturated rings. The van der Waals surface area contributed by atoms with Gasteiger partial charge in [-0.15, -0.1) is 0 Å². The van der Waals surface area contributed by atoms with Gasteiger partial charge in [0, 0.05) is 24.4 Å². The lowest BCUT2D eigenvalue weighted by Crippen LogP contribution is -2.45. The highest BCUT2D eigenvalue weighted by Gasteiger charge is 2.24. The lowest BCUT2D eigenvalue weighted by molar-refractivity contribution is -0.123. The summed E-state index contributed by atoms with van der Waals surface area (Å²) in [6.45, 7) is 2.62. The summed E-state index contributed by atoms with van der Waals surface area (Å²) in [6, 6.07) is 7.40. The minimum absolute atomic E-state index is 0.0207. The van der Waals surface area contributed by atoms with E-state index < -0.39 is 6.04 Å². The van der Waals surface area contributed by atoms with Crippen LogP contribution >= 0.6 is 0 Å². The van der Waals surface area contributed by atoms with Crippen molar-refractivity contribution < 1.29 is 9.59 Å². The van der Waals surface area contributed by atoms with Crippen LogP contribution in [0.2, 0.25) is 0 Å². The molecule has 0 radical (unpaired) electrons. The highest BCUT2D eigenvalue weighted by Crippen LogP contribution is 2.29. The molecule has 2 amide bonds. The molecule has 0 bridgehead atoms. The molecule has 1 saturated carbocycles. The van der Waals surface area contributed by atoms with Gasteiger partial charge in [-0.25, -0.2) is 0 Å². The molecule has 0 unspecified atom stereocenters. The van der Waals surface area contributed by atoms with Gasteiger partial charge in [-0.3, -0.25) is 9.59 Å². The average Bonchev–Trinajstić information content (AvgIpc) is 3.16. The third-order valence-corrected chi connectivity index (χ3v) is 6.04. The normalized spacial score (nSPS) is 19.4. The Bertz CT molecular complexity index is 710. The highest BCUT2D eigenvalue weighted by atomic mass is 16.2. The van der Waals surface area contributed by atoms with Crippen LogP contribution in [0, 0.1) is 5.92 Å². The van der Waals surface area contributed by atoms with Crippen LogP contribution in [0.25, 0.3) is 0 Å². The van der Waals surface area contributed by atoms with Crippen LogP contribution < -0.4 is 16.0 Å². The number of benzene rings is 1. The summed E-state index contributed by atoms with van der Waals surface area (Å²) >= 11 is 0. The number of anilines is 1. The Hall–Kier alpha value is -2.14. The summed E-state index contributed by atoms with van der Waals surface area (Å²) < 4.78 is 0. The molecule has 3 N–H and O–H groups in total. The first-order chi connectivity index (χ1) is 13.6. The van der Waals surface area contributed by atoms with E-state index in [9.17, 15) is 9.59 Å². The van der Waals surface area contributed by atoms with E-state index in [-0.39, 0.29) is 17.9 Å². The number of carbonyl (C=O) groups is 2. The topological polar surface area (TPSA) is 75.4 Å². The first-order valence-corrected chi connectivity index (χ1v) is 10.7. The number of nitrogens with one attached hydrogen (secondary N) is 1. The molecule has 0 saturated heterocycles. The monoisotopic (exact) mass is 383 g/mol. The van der Waals surface area contributed by atoms with Crippen LogP contribution in [0.5, 0.6) is 0 Å². The average molecular weight is 384 g/mol. The number of para-hydroxylation sites is 1. The van der Waals surface area contributed by atoms with E-state index in [0.29, 0.717) is 18.9 Å². The Morgan fingerprint density at radius 1 is 1.25 bits per heavy atom. The molecule has 2 aliphatic rings. The number of nitrogens with zero attached hydrogens (tertiary/aromatic N) is 1. The van der Waals surface area contributed by atoms with Crippen molar-refractivity contribution in [3.63, 3.8) is 0 Å². The third-order valence-electron chi connectivity index (χ3n) is 6.04. The van der Waals surface area contributed by atoms with Crippen LogP contribution in [0.3, 0.4) is 0 Å². The standard InChI is InChI=1S/C23H33N3O2/c1-2-20(24)23(28)25-19(16-17-8-4-3-5-9-17)12-13-22(27)26-15-14-18-10-6-7-11-21(18)26/h6-7,10-13,17,19-20H,2-5,8-9,14-16,24H2,1H3,(H,25,28)/b13-12+/t19-,20+/m1/s1. The summed E-state index contributed by atoms with van der Waals surface area (Å²) in [5, 5.41) is 3.06. The summed E-state index contributed by atoms with van der Waals surface area (Å²) in [4.78, 5) is 26.9. The zero-order valence-electron chi connectivity index (χ0n) is 16.9. The maximum atomic E-state index is 12.8. The Balaban J connectivity index is 1.66. The van der Waals surface area contributed by atoms with Gasteiger partial charge in [-0.2, -0.15) is 0 Å². The smallest absolute Gasteiger partial charge is 0.250 e. The number of amides is 2. The Kier molecular flexibility index (Phi) is 7.26. The SMILES string of the molecule is CC[C@H](N)C(=O)N[C@H](/C=C/C(=O)N1CCc2ccccc21)CC1CCCCC1. The predicted molar refractivity (Wildman–Crippen MR) is 113 cm³/mol. The van der Waals surface area contributed by atoms with Gasteiger partial charge in [0.2, 0.25) is 5.91 Å². The van der Waals surface area contributed by atoms with Gasteiger partial charge in [0.15, 0.2) is 0 Å². The van der Waals surface area contributed by atoms with Crippen LogP contribution in [0.15, 0.2) is 36.4 Å². The Morgan fingerprint density at radius 2 is 2.00 bits per heavy atom. The molecule has 2 atom stereocenters. The number of rotatable bonds is 7. The minimum atomic E-state index is -0.497. The zero-order chi connectivity index (χ0) is 19.9. The van der Waals surface area contributed by atoms with Crippen LogP contribution in [0.1, 0.15) is 57.4 Å². The maximum Gasteiger partial charge on any atom is 0.250 e. The predicted octanol–water partition coefficient (Wildman–Crippen LogP) is 3.32. The van der Waals surface area contributed by atoms with Crippen LogP contribution in [-0.4, -0.2) is 30.4 Å². The van der Waals surface area contributed by atoms with Crippen molar-refractivity contribution in [1.29, 1.82) is 0 Å². The summed E-state index contributed by atoms with van der Waals surface area (Å²) in [5.74, 6) is 0.448. The maximum absolute atomic E-state index is 12.8. The van der Waals surface area contributed by atoms with E-state index in [1.807, 2.05) is 36.1 Å². The van der Waals surface area contributed by atoms with E-state index >= 15 is 0 Å². The molecule has 1 aromatic carbocycles. The van der Waals surface area contributed by atoms with Crippen LogP contribution in [0.4, 0.5) is 5.69 Å². The molecule has 5 heteroatoms. The molecular formula is C23H33N3O2. The Labute approximate surface area is 168 Å². The van der Waals surface area contributed by atoms with E-state index in [4.69, 9.17) is 5.73 Å². The van der Waals surface area contributed by atoms with Gasteiger partial charge in [0.25, 0.3) is 5.91 Å². The second-order valence-electron chi connectivity index (χ2n) is 8.10. The minimum Gasteiger partial charge on any atom is -0.349 e. The number of carbonyl (C=O) groups excluding carboxylic acids is 2. The van der Waals surface area contributed by atoms with Gasteiger partial charge >= 0.3 is 0 Å². The quantitative estimate of drug-likeness (QED) is 0.709. The number of fused-ring (bicyclic) bond motifs is 1. The highest BCUT2D eigenvalue weighted by molar-refractivity contribution is 6.03. The van der Waals surface area contributed by atoms with Crippen molar-refractivity contribution in [1.82, 2.24) is 5.32 Å². The fourth-order valence-corrected chi connectivity index (χ4v) is 4.30. The van der Waals surface area contributed by atoms with Crippen molar-refractivity contribution in [2.24, 2.45) is 11.7 Å². The second-order valence-corrected chi connectivity index (χ2v) is 8.10. The first-order valence-electron chi connectivity index (χ1n) is 10.7. The van der Waals surface area contributed by atoms with Gasteiger partial charge in [0.05, 0.1) is 6.04 Å². The van der Waals surface area contributed by atoms with Crippen LogP contribution in [-0.2, 0) is 16.0 Å². The Morgan fingerprint density at radius 3 is 2.75 bits per heavy atom. The molecule has 0 aromatic heterocycles. The third kappa shape index (κ3) is 5.22. The lowest BCUT2D eigenvalue weighted by atomic mass is 9.84. The van der Waals surface area contributed by atoms with Crippen molar-refractivity contribution in [3.8, 4) is 0 Å². The fourth-order valence-electron chi connectivity index (χ4n) is 4.30. The fraction of sp³-hybridized carbons (Fsp3) is 0.565. The summed E-state index contributed by atoms with van der Waals surface area (Å²) in [7, 11) is 0. The van der Waals surface area contributed by atoms with Crippen molar-refractivity contribution >= 4 is 17.5 Å². The van der Waals surface area contributed by atoms with E-state index in [1.165, 1.54) is 37.7 Å². The molecule has 152 valence electrons. The molecular weight excluding hydrogens is 350 g/mol. The molecule has 1 aromatic rings. The molecule has 28 heavy (non-hydrogen) atoms. The van der Waals surface area contributed by atoms with Crippen molar-refractivity contribution in [2.45, 2.75) is 70.4 Å². The molecule has 1 aliphatic heterocycles. The molecule has 0 spiro atoms. The summed E-state index contributed by atoms with van der Waals surface area (Å²) in [5.41, 5.74) is 8.11. The van der Waals surface area contributed by atoms with E-state index in [1.54, 1.807) is 6.08 Å². The van der Waals surface area contributed by atoms with Gasteiger partial charge in [-0.1, -0.05) is 63.3 Å². The number of nitrogens with two attached hydrogens (primary N) is 1. The number of hydrogen-bond acceptors (Lipinski definition) is 3. The van der Waals surface area contributed by atoms with Crippen molar-refractivity contribution in [3.05, 3.63) is 42.0 Å². The molecule has 3 rings (SSSR count). The van der Waals surface area contributed by atoms with E-state index in [2.05, 4.69) is 11.4 Å². The second kappa shape index (κ2) is 9.87. The first kappa shape index (κ1) is 20.6.